The summed E-state index contributed by atoms with van der Waals surface area (Å²) in [7, 11) is 0. The van der Waals surface area contributed by atoms with Gasteiger partial charge in [-0.3, -0.25) is 19.4 Å². The van der Waals surface area contributed by atoms with Gasteiger partial charge in [0.2, 0.25) is 23.2 Å². The molecule has 2 aromatic heterocycles. The number of aliphatic hydroxyl groups excluding tert-OH is 1. The third kappa shape index (κ3) is 6.24. The number of hydrogen-bond acceptors (Lipinski definition) is 7. The Morgan fingerprint density at radius 2 is 1.73 bits per heavy atom. The van der Waals surface area contributed by atoms with Crippen LogP contribution in [0.1, 0.15) is 41.8 Å². The van der Waals surface area contributed by atoms with Crippen LogP contribution in [0.2, 0.25) is 0 Å². The molecule has 4 heterocycles. The van der Waals surface area contributed by atoms with Crippen molar-refractivity contribution >= 4 is 34.2 Å². The first-order valence-corrected chi connectivity index (χ1v) is 13.5. The summed E-state index contributed by atoms with van der Waals surface area (Å²) >= 11 is 0. The number of rotatable bonds is 9. The molecule has 0 saturated carbocycles. The predicted octanol–water partition coefficient (Wildman–Crippen LogP) is 1.98. The Labute approximate surface area is 229 Å². The molecule has 2 aliphatic heterocycles. The highest BCUT2D eigenvalue weighted by Gasteiger charge is 2.29. The van der Waals surface area contributed by atoms with Crippen LogP contribution in [0, 0.1) is 11.6 Å². The number of nitrogens with zero attached hydrogens (tertiary/aromatic N) is 3. The number of halogens is 2. The smallest absolute Gasteiger partial charge is 0.408 e. The van der Waals surface area contributed by atoms with Gasteiger partial charge >= 0.3 is 5.90 Å². The number of hydrogen-bond donors (Lipinski definition) is 2. The van der Waals surface area contributed by atoms with Gasteiger partial charge in [0.25, 0.3) is 5.69 Å². The minimum absolute atomic E-state index is 0.000236. The van der Waals surface area contributed by atoms with E-state index < -0.39 is 23.3 Å². The molecule has 1 aromatic carbocycles. The quantitative estimate of drug-likeness (QED) is 0.233. The monoisotopic (exact) mass is 559 g/mol. The maximum absolute atomic E-state index is 14.4. The van der Waals surface area contributed by atoms with Crippen molar-refractivity contribution < 1.29 is 42.0 Å². The van der Waals surface area contributed by atoms with E-state index in [9.17, 15) is 23.5 Å². The fourth-order valence-corrected chi connectivity index (χ4v) is 4.99. The molecule has 40 heavy (non-hydrogen) atoms. The van der Waals surface area contributed by atoms with Gasteiger partial charge < -0.3 is 23.6 Å². The first-order valence-electron chi connectivity index (χ1n) is 13.5. The number of furan rings is 2. The lowest BCUT2D eigenvalue weighted by atomic mass is 10.1. The Balaban J connectivity index is 1.24. The Morgan fingerprint density at radius 3 is 2.45 bits per heavy atom. The average Bonchev–Trinajstić information content (AvgIpc) is 3.56. The van der Waals surface area contributed by atoms with Crippen molar-refractivity contribution in [2.75, 3.05) is 59.0 Å². The SMILES string of the molecule is CCCC(=O)c1oc2c(F)cc(F)cc2c1[NH+]=C(O)c1ccc(CN2CCN(CC(=O)N3CCOCC3)CC2)o1. The zero-order chi connectivity index (χ0) is 28.2. The zero-order valence-corrected chi connectivity index (χ0v) is 22.4. The molecule has 0 aliphatic carbocycles. The van der Waals surface area contributed by atoms with E-state index in [1.54, 1.807) is 12.1 Å². The second kappa shape index (κ2) is 12.3. The summed E-state index contributed by atoms with van der Waals surface area (Å²) in [5, 5.41) is 10.8. The maximum Gasteiger partial charge on any atom is 0.408 e. The second-order valence-corrected chi connectivity index (χ2v) is 10.0. The number of piperazine rings is 1. The van der Waals surface area contributed by atoms with Crippen molar-refractivity contribution in [2.45, 2.75) is 26.3 Å². The van der Waals surface area contributed by atoms with Gasteiger partial charge in [0.1, 0.15) is 11.6 Å². The lowest BCUT2D eigenvalue weighted by Gasteiger charge is -2.35. The predicted molar refractivity (Wildman–Crippen MR) is 141 cm³/mol. The summed E-state index contributed by atoms with van der Waals surface area (Å²) in [6.07, 6.45) is 0.667. The number of nitrogens with one attached hydrogen (secondary N) is 1. The molecule has 0 unspecified atom stereocenters. The summed E-state index contributed by atoms with van der Waals surface area (Å²) in [6.45, 7) is 8.16. The van der Waals surface area contributed by atoms with Crippen molar-refractivity contribution in [1.29, 1.82) is 0 Å². The van der Waals surface area contributed by atoms with E-state index in [0.29, 0.717) is 57.6 Å². The molecule has 2 aliphatic rings. The fraction of sp³-hybridized carbons (Fsp3) is 0.464. The lowest BCUT2D eigenvalue weighted by Crippen LogP contribution is -2.67. The van der Waals surface area contributed by atoms with E-state index in [-0.39, 0.29) is 40.5 Å². The zero-order valence-electron chi connectivity index (χ0n) is 22.4. The van der Waals surface area contributed by atoms with Gasteiger partial charge in [0.05, 0.1) is 31.7 Å². The Kier molecular flexibility index (Phi) is 8.57. The van der Waals surface area contributed by atoms with Gasteiger partial charge in [0, 0.05) is 51.8 Å². The molecule has 2 saturated heterocycles. The lowest BCUT2D eigenvalue weighted by molar-refractivity contribution is -0.364. The molecular weight excluding hydrogens is 526 g/mol. The molecule has 214 valence electrons. The molecular formula is C28H33F2N4O6+. The number of aliphatic hydroxyl groups is 1. The number of benzene rings is 1. The molecule has 2 N–H and O–H groups in total. The van der Waals surface area contributed by atoms with Crippen LogP contribution in [-0.2, 0) is 16.1 Å². The summed E-state index contributed by atoms with van der Waals surface area (Å²) < 4.78 is 44.9. The summed E-state index contributed by atoms with van der Waals surface area (Å²) in [6, 6.07) is 5.03. The molecule has 10 nitrogen and oxygen atoms in total. The number of carbonyl (C=O) groups is 2. The first-order chi connectivity index (χ1) is 19.3. The number of Topliss-reactive ketones (excluding diaryl/α,β-unsaturated/α-hetero) is 1. The number of carbonyl (C=O) groups excluding carboxylic acids is 2. The third-order valence-electron chi connectivity index (χ3n) is 7.14. The minimum atomic E-state index is -0.945. The largest absolute Gasteiger partial charge is 0.457 e. The van der Waals surface area contributed by atoms with Crippen LogP contribution in [0.15, 0.2) is 33.1 Å². The molecule has 5 rings (SSSR count). The van der Waals surface area contributed by atoms with E-state index in [1.165, 1.54) is 0 Å². The van der Waals surface area contributed by atoms with E-state index >= 15 is 0 Å². The number of ether oxygens (including phenoxy) is 1. The molecule has 0 atom stereocenters. The van der Waals surface area contributed by atoms with Crippen molar-refractivity contribution in [3.8, 4) is 0 Å². The molecule has 0 spiro atoms. The summed E-state index contributed by atoms with van der Waals surface area (Å²) in [4.78, 5) is 34.0. The van der Waals surface area contributed by atoms with Crippen molar-refractivity contribution in [3.05, 3.63) is 53.2 Å². The summed E-state index contributed by atoms with van der Waals surface area (Å²) in [5.41, 5.74) is -0.299. The van der Waals surface area contributed by atoms with Crippen LogP contribution in [0.4, 0.5) is 14.5 Å². The maximum atomic E-state index is 14.4. The topological polar surface area (TPSA) is 114 Å². The van der Waals surface area contributed by atoms with E-state index in [2.05, 4.69) is 14.8 Å². The Morgan fingerprint density at radius 1 is 1.00 bits per heavy atom. The highest BCUT2D eigenvalue weighted by molar-refractivity contribution is 6.05. The number of amides is 1. The van der Waals surface area contributed by atoms with Gasteiger partial charge in [-0.1, -0.05) is 6.92 Å². The van der Waals surface area contributed by atoms with Crippen LogP contribution in [-0.4, -0.2) is 96.4 Å². The van der Waals surface area contributed by atoms with Crippen molar-refractivity contribution in [1.82, 2.24) is 14.7 Å². The Bertz CT molecular complexity index is 1400. The van der Waals surface area contributed by atoms with E-state index in [0.717, 1.165) is 32.2 Å². The van der Waals surface area contributed by atoms with Gasteiger partial charge in [-0.2, -0.15) is 4.99 Å². The highest BCUT2D eigenvalue weighted by atomic mass is 19.1. The van der Waals surface area contributed by atoms with Crippen molar-refractivity contribution in [2.24, 2.45) is 0 Å². The molecule has 0 bridgehead atoms. The molecule has 3 aromatic rings. The van der Waals surface area contributed by atoms with Gasteiger partial charge in [-0.25, -0.2) is 8.78 Å². The van der Waals surface area contributed by atoms with Gasteiger partial charge in [-0.05, 0) is 24.6 Å². The highest BCUT2D eigenvalue weighted by Crippen LogP contribution is 2.31. The fourth-order valence-electron chi connectivity index (χ4n) is 4.99. The van der Waals surface area contributed by atoms with Crippen molar-refractivity contribution in [3.63, 3.8) is 0 Å². The molecule has 2 fully saturated rings. The van der Waals surface area contributed by atoms with E-state index in [4.69, 9.17) is 13.6 Å². The molecule has 12 heteroatoms. The number of fused-ring (bicyclic) bond motifs is 1. The third-order valence-corrected chi connectivity index (χ3v) is 7.14. The second-order valence-electron chi connectivity index (χ2n) is 10.0. The van der Waals surface area contributed by atoms with Crippen LogP contribution in [0.5, 0.6) is 0 Å². The summed E-state index contributed by atoms with van der Waals surface area (Å²) in [5.74, 6) is -1.96. The minimum Gasteiger partial charge on any atom is -0.457 e. The van der Waals surface area contributed by atoms with E-state index in [1.807, 2.05) is 11.8 Å². The van der Waals surface area contributed by atoms with Gasteiger partial charge in [-0.15, -0.1) is 0 Å². The number of ketones is 1. The number of morpholine rings is 1. The molecule has 0 radical (unpaired) electrons. The normalized spacial score (nSPS) is 17.6. The first kappa shape index (κ1) is 27.9. The van der Waals surface area contributed by atoms with Crippen LogP contribution < -0.4 is 4.99 Å². The van der Waals surface area contributed by atoms with Crippen LogP contribution in [0.25, 0.3) is 11.0 Å². The average molecular weight is 560 g/mol. The molecule has 1 amide bonds. The van der Waals surface area contributed by atoms with Crippen LogP contribution >= 0.6 is 0 Å². The Hall–Kier alpha value is -3.61. The van der Waals surface area contributed by atoms with Crippen LogP contribution in [0.3, 0.4) is 0 Å². The standard InChI is InChI=1S/C28H32F2N4O6/c1-2-3-22(35)27-25(20-14-18(29)15-21(30)26(20)40-27)31-28(37)23-5-4-19(39-23)16-32-6-8-33(9-7-32)17-24(36)34-10-12-38-13-11-34/h4-5,14-15H,2-3,6-13,16-17H2,1H3,(H,31,37)/p+1. The van der Waals surface area contributed by atoms with Gasteiger partial charge in [0.15, 0.2) is 11.4 Å².